The van der Waals surface area contributed by atoms with Crippen molar-refractivity contribution in [2.75, 3.05) is 25.4 Å². The van der Waals surface area contributed by atoms with Crippen molar-refractivity contribution >= 4 is 15.8 Å². The summed E-state index contributed by atoms with van der Waals surface area (Å²) in [7, 11) is -2.20. The number of ether oxygens (including phenoxy) is 1. The lowest BCUT2D eigenvalue weighted by molar-refractivity contribution is -0.131. The summed E-state index contributed by atoms with van der Waals surface area (Å²) in [6.07, 6.45) is 0.806. The predicted molar refractivity (Wildman–Crippen MR) is 72.4 cm³/mol. The third-order valence-electron chi connectivity index (χ3n) is 3.15. The summed E-state index contributed by atoms with van der Waals surface area (Å²) in [6, 6.07) is 0. The Hall–Kier alpha value is -1.16. The Kier molecular flexibility index (Phi) is 3.80. The fraction of sp³-hybridized carbons (Fsp3) is 0.727. The first-order valence-electron chi connectivity index (χ1n) is 6.23. The minimum Gasteiger partial charge on any atom is -0.394 e. The molecule has 114 valence electrons. The van der Waals surface area contributed by atoms with Gasteiger partial charge in [0.25, 0.3) is 10.0 Å². The number of rotatable bonds is 3. The number of aromatic nitrogens is 2. The number of nitrogen functional groups attached to an aromatic ring is 1. The zero-order valence-electron chi connectivity index (χ0n) is 11.8. The van der Waals surface area contributed by atoms with Gasteiger partial charge in [-0.15, -0.1) is 0 Å². The van der Waals surface area contributed by atoms with E-state index >= 15 is 0 Å². The molecule has 2 rings (SSSR count). The lowest BCUT2D eigenvalue weighted by Crippen LogP contribution is -2.55. The lowest BCUT2D eigenvalue weighted by Gasteiger charge is -2.41. The summed E-state index contributed by atoms with van der Waals surface area (Å²) in [5.41, 5.74) is 4.98. The van der Waals surface area contributed by atoms with Gasteiger partial charge in [0.2, 0.25) is 0 Å². The maximum atomic E-state index is 12.7. The number of aliphatic hydroxyl groups excluding tert-OH is 1. The van der Waals surface area contributed by atoms with E-state index in [2.05, 4.69) is 4.98 Å². The molecule has 0 spiro atoms. The molecule has 1 aliphatic heterocycles. The second-order valence-corrected chi connectivity index (χ2v) is 7.38. The first-order valence-corrected chi connectivity index (χ1v) is 7.67. The molecule has 0 saturated carbocycles. The van der Waals surface area contributed by atoms with Gasteiger partial charge in [0.1, 0.15) is 0 Å². The normalized spacial score (nSPS) is 23.9. The van der Waals surface area contributed by atoms with Crippen molar-refractivity contribution in [3.63, 3.8) is 0 Å². The van der Waals surface area contributed by atoms with Crippen LogP contribution < -0.4 is 5.73 Å². The highest BCUT2D eigenvalue weighted by atomic mass is 32.2. The van der Waals surface area contributed by atoms with Crippen LogP contribution in [0.1, 0.15) is 13.8 Å². The van der Waals surface area contributed by atoms with Gasteiger partial charge >= 0.3 is 0 Å². The quantitative estimate of drug-likeness (QED) is 0.753. The Labute approximate surface area is 118 Å². The number of nitrogens with two attached hydrogens (primary N) is 1. The van der Waals surface area contributed by atoms with Crippen molar-refractivity contribution in [3.05, 3.63) is 6.33 Å². The highest BCUT2D eigenvalue weighted by Crippen LogP contribution is 2.28. The third kappa shape index (κ3) is 2.66. The first kappa shape index (κ1) is 15.2. The van der Waals surface area contributed by atoms with E-state index < -0.39 is 21.7 Å². The Morgan fingerprint density at radius 2 is 2.25 bits per heavy atom. The van der Waals surface area contributed by atoms with Gasteiger partial charge in [0.05, 0.1) is 24.6 Å². The van der Waals surface area contributed by atoms with E-state index in [1.54, 1.807) is 20.9 Å². The molecule has 1 fully saturated rings. The molecular formula is C11H20N4O4S. The van der Waals surface area contributed by atoms with Crippen molar-refractivity contribution in [2.45, 2.75) is 30.6 Å². The van der Waals surface area contributed by atoms with Gasteiger partial charge in [-0.05, 0) is 13.8 Å². The Balaban J connectivity index is 2.39. The molecule has 1 unspecified atom stereocenters. The van der Waals surface area contributed by atoms with Gasteiger partial charge in [0.15, 0.2) is 10.8 Å². The third-order valence-corrected chi connectivity index (χ3v) is 5.09. The van der Waals surface area contributed by atoms with Crippen molar-refractivity contribution in [1.29, 1.82) is 0 Å². The van der Waals surface area contributed by atoms with Crippen LogP contribution in [0, 0.1) is 0 Å². The van der Waals surface area contributed by atoms with Gasteiger partial charge in [-0.3, -0.25) is 0 Å². The summed E-state index contributed by atoms with van der Waals surface area (Å²) >= 11 is 0. The van der Waals surface area contributed by atoms with Crippen LogP contribution in [0.25, 0.3) is 0 Å². The number of sulfonamides is 1. The largest absolute Gasteiger partial charge is 0.394 e. The van der Waals surface area contributed by atoms with Gasteiger partial charge < -0.3 is 20.1 Å². The van der Waals surface area contributed by atoms with E-state index in [0.717, 1.165) is 0 Å². The summed E-state index contributed by atoms with van der Waals surface area (Å²) in [4.78, 5) is 3.81. The van der Waals surface area contributed by atoms with Crippen molar-refractivity contribution in [2.24, 2.45) is 7.05 Å². The zero-order valence-corrected chi connectivity index (χ0v) is 12.6. The molecule has 0 amide bonds. The molecule has 1 atom stereocenters. The van der Waals surface area contributed by atoms with Gasteiger partial charge in [-0.2, -0.15) is 4.31 Å². The molecule has 0 aromatic carbocycles. The number of anilines is 1. The summed E-state index contributed by atoms with van der Waals surface area (Å²) < 4.78 is 33.6. The number of aliphatic hydroxyl groups is 1. The maximum Gasteiger partial charge on any atom is 0.262 e. The molecule has 0 bridgehead atoms. The second kappa shape index (κ2) is 4.99. The van der Waals surface area contributed by atoms with E-state index in [4.69, 9.17) is 10.5 Å². The average molecular weight is 304 g/mol. The number of hydrogen-bond donors (Lipinski definition) is 2. The molecular weight excluding hydrogens is 284 g/mol. The maximum absolute atomic E-state index is 12.7. The van der Waals surface area contributed by atoms with Crippen LogP contribution in [0.2, 0.25) is 0 Å². The summed E-state index contributed by atoms with van der Waals surface area (Å²) in [6.45, 7) is 3.60. The lowest BCUT2D eigenvalue weighted by atomic mass is 10.1. The molecule has 1 saturated heterocycles. The molecule has 2 heterocycles. The summed E-state index contributed by atoms with van der Waals surface area (Å²) in [5, 5.41) is 9.22. The highest BCUT2D eigenvalue weighted by Gasteiger charge is 2.41. The van der Waals surface area contributed by atoms with E-state index in [1.807, 2.05) is 0 Å². The van der Waals surface area contributed by atoms with Crippen molar-refractivity contribution in [3.8, 4) is 0 Å². The van der Waals surface area contributed by atoms with Crippen LogP contribution >= 0.6 is 0 Å². The molecule has 1 aromatic heterocycles. The molecule has 8 nitrogen and oxygen atoms in total. The minimum absolute atomic E-state index is 0.0302. The number of imidazole rings is 1. The second-order valence-electron chi connectivity index (χ2n) is 5.53. The number of morpholine rings is 1. The van der Waals surface area contributed by atoms with E-state index in [-0.39, 0.29) is 30.5 Å². The van der Waals surface area contributed by atoms with E-state index in [0.29, 0.717) is 0 Å². The fourth-order valence-electron chi connectivity index (χ4n) is 2.39. The van der Waals surface area contributed by atoms with Crippen LogP contribution in [-0.4, -0.2) is 58.8 Å². The van der Waals surface area contributed by atoms with E-state index in [9.17, 15) is 13.5 Å². The minimum atomic E-state index is -3.78. The Morgan fingerprint density at radius 3 is 2.75 bits per heavy atom. The van der Waals surface area contributed by atoms with Crippen LogP contribution in [0.3, 0.4) is 0 Å². The topological polar surface area (TPSA) is 111 Å². The van der Waals surface area contributed by atoms with Gasteiger partial charge in [-0.25, -0.2) is 13.4 Å². The zero-order chi connectivity index (χ0) is 15.1. The Morgan fingerprint density at radius 1 is 1.60 bits per heavy atom. The van der Waals surface area contributed by atoms with Crippen molar-refractivity contribution < 1.29 is 18.3 Å². The molecule has 9 heteroatoms. The number of aryl methyl sites for hydroxylation is 1. The van der Waals surface area contributed by atoms with Crippen LogP contribution in [-0.2, 0) is 21.8 Å². The molecule has 20 heavy (non-hydrogen) atoms. The number of hydrogen-bond acceptors (Lipinski definition) is 6. The van der Waals surface area contributed by atoms with Crippen LogP contribution in [0.15, 0.2) is 11.4 Å². The predicted octanol–water partition coefficient (Wildman–Crippen LogP) is -0.837. The Bertz CT molecular complexity index is 576. The molecule has 0 aliphatic carbocycles. The average Bonchev–Trinajstić information content (AvgIpc) is 2.67. The van der Waals surface area contributed by atoms with Crippen LogP contribution in [0.5, 0.6) is 0 Å². The molecule has 1 aromatic rings. The van der Waals surface area contributed by atoms with Crippen molar-refractivity contribution in [1.82, 2.24) is 13.9 Å². The first-order chi connectivity index (χ1) is 9.17. The highest BCUT2D eigenvalue weighted by molar-refractivity contribution is 7.89. The van der Waals surface area contributed by atoms with E-state index in [1.165, 1.54) is 15.2 Å². The SMILES string of the molecule is Cn1cnc(N)c1S(=O)(=O)N1CC(CO)OC(C)(C)C1. The standard InChI is InChI=1S/C11H20N4O4S/c1-11(2)6-15(4-8(5-16)19-11)20(17,18)10-9(12)13-7-14(10)3/h7-8,16H,4-6,12H2,1-3H3. The molecule has 3 N–H and O–H groups in total. The summed E-state index contributed by atoms with van der Waals surface area (Å²) in [5.74, 6) is -0.0302. The van der Waals surface area contributed by atoms with Gasteiger partial charge in [-0.1, -0.05) is 0 Å². The fourth-order valence-corrected chi connectivity index (χ4v) is 4.21. The molecule has 0 radical (unpaired) electrons. The number of nitrogens with zero attached hydrogens (tertiary/aromatic N) is 3. The smallest absolute Gasteiger partial charge is 0.262 e. The van der Waals surface area contributed by atoms with Gasteiger partial charge in [0, 0.05) is 20.1 Å². The monoisotopic (exact) mass is 304 g/mol. The van der Waals surface area contributed by atoms with Crippen LogP contribution in [0.4, 0.5) is 5.82 Å². The molecule has 1 aliphatic rings.